The van der Waals surface area contributed by atoms with Gasteiger partial charge in [0.2, 0.25) is 0 Å². The molecule has 0 unspecified atom stereocenters. The van der Waals surface area contributed by atoms with E-state index in [1.165, 1.54) is 6.92 Å². The van der Waals surface area contributed by atoms with E-state index in [-0.39, 0.29) is 12.6 Å². The number of carbonyl (C=O) groups is 1. The molecule has 0 bridgehead atoms. The molecule has 0 aromatic carbocycles. The summed E-state index contributed by atoms with van der Waals surface area (Å²) in [4.78, 5) is 14.6. The molecule has 6 nitrogen and oxygen atoms in total. The van der Waals surface area contributed by atoms with Crippen LogP contribution in [0.25, 0.3) is 5.65 Å². The molecule has 0 radical (unpaired) electrons. The summed E-state index contributed by atoms with van der Waals surface area (Å²) in [6, 6.07) is 0. The minimum Gasteiger partial charge on any atom is -0.458 e. The summed E-state index contributed by atoms with van der Waals surface area (Å²) in [5, 5.41) is 7.80. The van der Waals surface area contributed by atoms with Gasteiger partial charge < -0.3 is 4.74 Å². The van der Waals surface area contributed by atoms with E-state index in [0.717, 1.165) is 0 Å². The third-order valence-electron chi connectivity index (χ3n) is 1.76. The van der Waals surface area contributed by atoms with Crippen LogP contribution in [0.5, 0.6) is 0 Å². The Balaban J connectivity index is 2.37. The smallest absolute Gasteiger partial charge is 0.303 e. The van der Waals surface area contributed by atoms with Crippen LogP contribution in [0.15, 0.2) is 17.0 Å². The minimum atomic E-state index is -0.347. The summed E-state index contributed by atoms with van der Waals surface area (Å²) < 4.78 is 7.15. The molecule has 2 heterocycles. The van der Waals surface area contributed by atoms with Crippen molar-refractivity contribution in [2.24, 2.45) is 0 Å². The molecule has 15 heavy (non-hydrogen) atoms. The van der Waals surface area contributed by atoms with Crippen molar-refractivity contribution in [3.63, 3.8) is 0 Å². The lowest BCUT2D eigenvalue weighted by molar-refractivity contribution is -0.142. The second kappa shape index (κ2) is 3.93. The minimum absolute atomic E-state index is 0.104. The Bertz CT molecular complexity index is 510. The number of nitrogens with zero attached hydrogens (tertiary/aromatic N) is 4. The Labute approximate surface area is 93.4 Å². The largest absolute Gasteiger partial charge is 0.458 e. The molecule has 0 atom stereocenters. The monoisotopic (exact) mass is 270 g/mol. The van der Waals surface area contributed by atoms with Crippen LogP contribution in [0.1, 0.15) is 12.7 Å². The summed E-state index contributed by atoms with van der Waals surface area (Å²) in [6.45, 7) is 1.45. The fraction of sp³-hybridized carbons (Fsp3) is 0.250. The average Bonchev–Trinajstić information content (AvgIpc) is 2.59. The predicted octanol–water partition coefficient (Wildman–Crippen LogP) is 0.950. The normalized spacial score (nSPS) is 10.5. The summed E-state index contributed by atoms with van der Waals surface area (Å²) in [7, 11) is 0. The molecule has 0 aliphatic carbocycles. The van der Waals surface area contributed by atoms with Gasteiger partial charge in [-0.1, -0.05) is 0 Å². The van der Waals surface area contributed by atoms with Crippen molar-refractivity contribution in [2.75, 3.05) is 0 Å². The zero-order valence-electron chi connectivity index (χ0n) is 7.85. The van der Waals surface area contributed by atoms with Crippen LogP contribution in [-0.4, -0.2) is 25.6 Å². The number of hydrogen-bond donors (Lipinski definition) is 0. The maximum absolute atomic E-state index is 10.6. The molecule has 7 heteroatoms. The van der Waals surface area contributed by atoms with Crippen molar-refractivity contribution in [2.45, 2.75) is 13.5 Å². The first-order valence-corrected chi connectivity index (χ1v) is 4.95. The molecule has 2 rings (SSSR count). The van der Waals surface area contributed by atoms with E-state index < -0.39 is 0 Å². The van der Waals surface area contributed by atoms with E-state index >= 15 is 0 Å². The van der Waals surface area contributed by atoms with Crippen LogP contribution in [0.4, 0.5) is 0 Å². The number of fused-ring (bicyclic) bond motifs is 1. The first-order chi connectivity index (χ1) is 7.18. The van der Waals surface area contributed by atoms with Gasteiger partial charge >= 0.3 is 5.97 Å². The predicted molar refractivity (Wildman–Crippen MR) is 54.0 cm³/mol. The standard InChI is InChI=1S/C8H7BrN4O2/c1-5(14)15-4-6-11-12-8-7(9)10-2-3-13(6)8/h2-3H,4H2,1H3. The first kappa shape index (κ1) is 10.0. The van der Waals surface area contributed by atoms with Crippen molar-refractivity contribution >= 4 is 27.5 Å². The molecule has 0 amide bonds. The van der Waals surface area contributed by atoms with Gasteiger partial charge in [-0.3, -0.25) is 9.20 Å². The molecule has 0 saturated carbocycles. The number of esters is 1. The highest BCUT2D eigenvalue weighted by Crippen LogP contribution is 2.13. The lowest BCUT2D eigenvalue weighted by Crippen LogP contribution is -2.03. The van der Waals surface area contributed by atoms with Gasteiger partial charge in [0.25, 0.3) is 0 Å². The molecule has 0 aliphatic heterocycles. The highest BCUT2D eigenvalue weighted by Gasteiger charge is 2.09. The molecule has 0 spiro atoms. The van der Waals surface area contributed by atoms with Crippen LogP contribution >= 0.6 is 15.9 Å². The number of carbonyl (C=O) groups excluding carboxylic acids is 1. The summed E-state index contributed by atoms with van der Waals surface area (Å²) in [5.41, 5.74) is 0.597. The number of rotatable bonds is 2. The lowest BCUT2D eigenvalue weighted by Gasteiger charge is -2.00. The van der Waals surface area contributed by atoms with Gasteiger partial charge in [0.15, 0.2) is 22.7 Å². The van der Waals surface area contributed by atoms with Crippen LogP contribution in [0.2, 0.25) is 0 Å². The fourth-order valence-electron chi connectivity index (χ4n) is 1.11. The Morgan fingerprint density at radius 1 is 1.60 bits per heavy atom. The second-order valence-corrected chi connectivity index (χ2v) is 3.56. The van der Waals surface area contributed by atoms with Crippen LogP contribution < -0.4 is 0 Å². The fourth-order valence-corrected chi connectivity index (χ4v) is 1.50. The van der Waals surface area contributed by atoms with E-state index in [0.29, 0.717) is 16.1 Å². The number of hydrogen-bond acceptors (Lipinski definition) is 5. The average molecular weight is 271 g/mol. The zero-order chi connectivity index (χ0) is 10.8. The molecule has 2 aromatic rings. The second-order valence-electron chi connectivity index (χ2n) is 2.81. The van der Waals surface area contributed by atoms with Crippen molar-refractivity contribution in [3.05, 3.63) is 22.8 Å². The Hall–Kier alpha value is -1.50. The molecule has 0 aliphatic rings. The number of ether oxygens (including phenoxy) is 1. The third-order valence-corrected chi connectivity index (χ3v) is 2.32. The van der Waals surface area contributed by atoms with Gasteiger partial charge in [-0.15, -0.1) is 10.2 Å². The molecule has 2 aromatic heterocycles. The van der Waals surface area contributed by atoms with Gasteiger partial charge in [0, 0.05) is 19.3 Å². The Morgan fingerprint density at radius 3 is 3.13 bits per heavy atom. The van der Waals surface area contributed by atoms with E-state index in [9.17, 15) is 4.79 Å². The molecule has 0 fully saturated rings. The highest BCUT2D eigenvalue weighted by atomic mass is 79.9. The topological polar surface area (TPSA) is 69.4 Å². The SMILES string of the molecule is CC(=O)OCc1nnc2c(Br)nccn12. The number of halogens is 1. The van der Waals surface area contributed by atoms with Crippen LogP contribution in [-0.2, 0) is 16.1 Å². The molecular weight excluding hydrogens is 264 g/mol. The van der Waals surface area contributed by atoms with Gasteiger partial charge in [-0.25, -0.2) is 4.98 Å². The summed E-state index contributed by atoms with van der Waals surface area (Å²) in [5.74, 6) is 0.211. The van der Waals surface area contributed by atoms with E-state index in [4.69, 9.17) is 4.74 Å². The molecule has 0 saturated heterocycles. The van der Waals surface area contributed by atoms with Crippen LogP contribution in [0.3, 0.4) is 0 Å². The number of aromatic nitrogens is 4. The summed E-state index contributed by atoms with van der Waals surface area (Å²) >= 11 is 3.25. The van der Waals surface area contributed by atoms with Gasteiger partial charge in [0.05, 0.1) is 0 Å². The molecular formula is C8H7BrN4O2. The maximum atomic E-state index is 10.6. The molecule has 0 N–H and O–H groups in total. The van der Waals surface area contributed by atoms with Crippen LogP contribution in [0, 0.1) is 0 Å². The third kappa shape index (κ3) is 1.96. The Kier molecular flexibility index (Phi) is 2.63. The van der Waals surface area contributed by atoms with E-state index in [2.05, 4.69) is 31.1 Å². The first-order valence-electron chi connectivity index (χ1n) is 4.16. The van der Waals surface area contributed by atoms with E-state index in [1.54, 1.807) is 16.8 Å². The van der Waals surface area contributed by atoms with E-state index in [1.807, 2.05) is 0 Å². The highest BCUT2D eigenvalue weighted by molar-refractivity contribution is 9.10. The van der Waals surface area contributed by atoms with Crippen molar-refractivity contribution in [1.29, 1.82) is 0 Å². The lowest BCUT2D eigenvalue weighted by atomic mass is 10.6. The Morgan fingerprint density at radius 2 is 2.40 bits per heavy atom. The van der Waals surface area contributed by atoms with Gasteiger partial charge in [0.1, 0.15) is 0 Å². The zero-order valence-corrected chi connectivity index (χ0v) is 9.43. The quantitative estimate of drug-likeness (QED) is 0.760. The van der Waals surface area contributed by atoms with Crippen molar-refractivity contribution < 1.29 is 9.53 Å². The van der Waals surface area contributed by atoms with Gasteiger partial charge in [-0.2, -0.15) is 0 Å². The van der Waals surface area contributed by atoms with Crippen molar-refractivity contribution in [3.8, 4) is 0 Å². The van der Waals surface area contributed by atoms with Gasteiger partial charge in [-0.05, 0) is 15.9 Å². The van der Waals surface area contributed by atoms with Crippen molar-refractivity contribution in [1.82, 2.24) is 19.6 Å². The maximum Gasteiger partial charge on any atom is 0.303 e. The summed E-state index contributed by atoms with van der Waals surface area (Å²) in [6.07, 6.45) is 3.32. The molecule has 78 valence electrons.